The maximum atomic E-state index is 4.56. The minimum absolute atomic E-state index is 0.779. The zero-order valence-electron chi connectivity index (χ0n) is 12.4. The van der Waals surface area contributed by atoms with E-state index in [4.69, 9.17) is 0 Å². The number of aromatic nitrogens is 2. The van der Waals surface area contributed by atoms with Crippen molar-refractivity contribution in [2.45, 2.75) is 27.3 Å². The molecule has 2 rings (SSSR count). The van der Waals surface area contributed by atoms with Gasteiger partial charge in [0.25, 0.3) is 0 Å². The molecule has 4 nitrogen and oxygen atoms in total. The molecule has 1 aromatic heterocycles. The summed E-state index contributed by atoms with van der Waals surface area (Å²) in [5.41, 5.74) is 2.58. The number of anilines is 2. The van der Waals surface area contributed by atoms with Crippen molar-refractivity contribution in [3.63, 3.8) is 0 Å². The van der Waals surface area contributed by atoms with Crippen LogP contribution >= 0.6 is 0 Å². The van der Waals surface area contributed by atoms with Crippen molar-refractivity contribution in [1.82, 2.24) is 9.97 Å². The van der Waals surface area contributed by atoms with Gasteiger partial charge in [0.15, 0.2) is 0 Å². The fourth-order valence-corrected chi connectivity index (χ4v) is 2.10. The van der Waals surface area contributed by atoms with Gasteiger partial charge < -0.3 is 10.2 Å². The van der Waals surface area contributed by atoms with Gasteiger partial charge in [-0.25, -0.2) is 4.98 Å². The fourth-order valence-electron chi connectivity index (χ4n) is 2.10. The molecule has 0 amide bonds. The van der Waals surface area contributed by atoms with Crippen LogP contribution in [0, 0.1) is 6.92 Å². The Labute approximate surface area is 120 Å². The van der Waals surface area contributed by atoms with Gasteiger partial charge in [-0.3, -0.25) is 0 Å². The minimum atomic E-state index is 0.779. The first-order valence-electron chi connectivity index (χ1n) is 7.11. The van der Waals surface area contributed by atoms with Gasteiger partial charge in [-0.2, -0.15) is 4.98 Å². The number of aryl methyl sites for hydroxylation is 1. The van der Waals surface area contributed by atoms with Crippen LogP contribution in [0.4, 0.5) is 11.8 Å². The van der Waals surface area contributed by atoms with E-state index in [-0.39, 0.29) is 0 Å². The van der Waals surface area contributed by atoms with Gasteiger partial charge in [-0.1, -0.05) is 24.3 Å². The molecule has 0 saturated carbocycles. The van der Waals surface area contributed by atoms with Crippen molar-refractivity contribution >= 4 is 11.8 Å². The van der Waals surface area contributed by atoms with Crippen molar-refractivity contribution in [3.8, 4) is 0 Å². The smallest absolute Gasteiger partial charge is 0.227 e. The molecule has 0 aliphatic carbocycles. The summed E-state index contributed by atoms with van der Waals surface area (Å²) in [6.45, 7) is 8.95. The maximum Gasteiger partial charge on any atom is 0.227 e. The van der Waals surface area contributed by atoms with E-state index in [1.165, 1.54) is 11.1 Å². The molecule has 2 aromatic rings. The van der Waals surface area contributed by atoms with Gasteiger partial charge >= 0.3 is 0 Å². The highest BCUT2D eigenvalue weighted by Gasteiger charge is 2.06. The highest BCUT2D eigenvalue weighted by Crippen LogP contribution is 2.13. The number of hydrogen-bond donors (Lipinski definition) is 1. The summed E-state index contributed by atoms with van der Waals surface area (Å²) >= 11 is 0. The molecule has 20 heavy (non-hydrogen) atoms. The molecule has 0 spiro atoms. The molecular weight excluding hydrogens is 248 g/mol. The molecule has 106 valence electrons. The molecule has 4 heteroatoms. The van der Waals surface area contributed by atoms with Gasteiger partial charge in [-0.05, 0) is 38.0 Å². The van der Waals surface area contributed by atoms with Crippen LogP contribution in [-0.4, -0.2) is 23.1 Å². The SMILES string of the molecule is CCN(CC)c1nccc(NCc2ccccc2C)n1. The first-order valence-corrected chi connectivity index (χ1v) is 7.11. The quantitative estimate of drug-likeness (QED) is 0.875. The van der Waals surface area contributed by atoms with Crippen LogP contribution in [0.15, 0.2) is 36.5 Å². The lowest BCUT2D eigenvalue weighted by Gasteiger charge is -2.19. The van der Waals surface area contributed by atoms with E-state index in [0.29, 0.717) is 0 Å². The Morgan fingerprint density at radius 2 is 1.85 bits per heavy atom. The second-order valence-electron chi connectivity index (χ2n) is 4.69. The molecule has 0 unspecified atom stereocenters. The minimum Gasteiger partial charge on any atom is -0.366 e. The number of benzene rings is 1. The third-order valence-electron chi connectivity index (χ3n) is 3.41. The number of hydrogen-bond acceptors (Lipinski definition) is 4. The molecule has 0 aliphatic heterocycles. The number of nitrogens with one attached hydrogen (secondary N) is 1. The lowest BCUT2D eigenvalue weighted by molar-refractivity contribution is 0.821. The molecule has 0 radical (unpaired) electrons. The highest BCUT2D eigenvalue weighted by molar-refractivity contribution is 5.42. The first-order chi connectivity index (χ1) is 9.74. The van der Waals surface area contributed by atoms with E-state index >= 15 is 0 Å². The van der Waals surface area contributed by atoms with E-state index in [2.05, 4.69) is 65.2 Å². The van der Waals surface area contributed by atoms with E-state index in [9.17, 15) is 0 Å². The first kappa shape index (κ1) is 14.3. The van der Waals surface area contributed by atoms with Gasteiger partial charge in [0.2, 0.25) is 5.95 Å². The summed E-state index contributed by atoms with van der Waals surface area (Å²) in [5.74, 6) is 1.65. The largest absolute Gasteiger partial charge is 0.366 e. The second-order valence-corrected chi connectivity index (χ2v) is 4.69. The molecule has 0 atom stereocenters. The van der Waals surface area contributed by atoms with Crippen LogP contribution in [0.5, 0.6) is 0 Å². The van der Waals surface area contributed by atoms with Crippen LogP contribution in [0.3, 0.4) is 0 Å². The highest BCUT2D eigenvalue weighted by atomic mass is 15.3. The normalized spacial score (nSPS) is 10.3. The van der Waals surface area contributed by atoms with Crippen molar-refractivity contribution in [3.05, 3.63) is 47.7 Å². The van der Waals surface area contributed by atoms with Gasteiger partial charge in [0.1, 0.15) is 5.82 Å². The lowest BCUT2D eigenvalue weighted by Crippen LogP contribution is -2.24. The Morgan fingerprint density at radius 1 is 1.10 bits per heavy atom. The summed E-state index contributed by atoms with van der Waals surface area (Å²) in [6.07, 6.45) is 1.81. The van der Waals surface area contributed by atoms with Crippen molar-refractivity contribution in [1.29, 1.82) is 0 Å². The molecule has 1 aromatic carbocycles. The van der Waals surface area contributed by atoms with Crippen molar-refractivity contribution in [2.75, 3.05) is 23.3 Å². The maximum absolute atomic E-state index is 4.56. The Bertz CT molecular complexity index is 550. The molecule has 0 saturated heterocycles. The predicted molar refractivity (Wildman–Crippen MR) is 84.1 cm³/mol. The third-order valence-corrected chi connectivity index (χ3v) is 3.41. The summed E-state index contributed by atoms with van der Waals surface area (Å²) in [4.78, 5) is 11.0. The van der Waals surface area contributed by atoms with Gasteiger partial charge in [0.05, 0.1) is 0 Å². The number of nitrogens with zero attached hydrogens (tertiary/aromatic N) is 3. The van der Waals surface area contributed by atoms with Crippen LogP contribution in [0.2, 0.25) is 0 Å². The molecule has 0 fully saturated rings. The third kappa shape index (κ3) is 3.47. The molecule has 0 bridgehead atoms. The van der Waals surface area contributed by atoms with Crippen molar-refractivity contribution in [2.24, 2.45) is 0 Å². The summed E-state index contributed by atoms with van der Waals surface area (Å²) in [7, 11) is 0. The Kier molecular flexibility index (Phi) is 4.93. The van der Waals surface area contributed by atoms with Gasteiger partial charge in [0, 0.05) is 25.8 Å². The molecular formula is C16H22N4. The van der Waals surface area contributed by atoms with E-state index < -0.39 is 0 Å². The van der Waals surface area contributed by atoms with Crippen molar-refractivity contribution < 1.29 is 0 Å². The van der Waals surface area contributed by atoms with Gasteiger partial charge in [-0.15, -0.1) is 0 Å². The summed E-state index contributed by atoms with van der Waals surface area (Å²) in [5, 5.41) is 3.37. The van der Waals surface area contributed by atoms with E-state index in [1.54, 1.807) is 6.20 Å². The van der Waals surface area contributed by atoms with Crippen LogP contribution in [0.25, 0.3) is 0 Å². The van der Waals surface area contributed by atoms with Crippen LogP contribution in [-0.2, 0) is 6.54 Å². The Balaban J connectivity index is 2.07. The van der Waals surface area contributed by atoms with Crippen LogP contribution in [0.1, 0.15) is 25.0 Å². The van der Waals surface area contributed by atoms with E-state index in [1.807, 2.05) is 6.07 Å². The summed E-state index contributed by atoms with van der Waals surface area (Å²) in [6, 6.07) is 10.3. The van der Waals surface area contributed by atoms with Crippen LogP contribution < -0.4 is 10.2 Å². The molecule has 1 N–H and O–H groups in total. The topological polar surface area (TPSA) is 41.1 Å². The second kappa shape index (κ2) is 6.89. The number of rotatable bonds is 6. The average molecular weight is 270 g/mol. The zero-order chi connectivity index (χ0) is 14.4. The molecule has 0 aliphatic rings. The lowest BCUT2D eigenvalue weighted by atomic mass is 10.1. The predicted octanol–water partition coefficient (Wildman–Crippen LogP) is 3.24. The zero-order valence-corrected chi connectivity index (χ0v) is 12.4. The standard InChI is InChI=1S/C16H22N4/c1-4-20(5-2)16-17-11-10-15(19-16)18-12-14-9-7-6-8-13(14)3/h6-11H,4-5,12H2,1-3H3,(H,17,18,19). The fraction of sp³-hybridized carbons (Fsp3) is 0.375. The summed E-state index contributed by atoms with van der Waals surface area (Å²) < 4.78 is 0. The Hall–Kier alpha value is -2.10. The molecule has 1 heterocycles. The monoisotopic (exact) mass is 270 g/mol. The average Bonchev–Trinajstić information content (AvgIpc) is 2.48. The van der Waals surface area contributed by atoms with E-state index in [0.717, 1.165) is 31.4 Å². The Morgan fingerprint density at radius 3 is 2.55 bits per heavy atom.